The van der Waals surface area contributed by atoms with Crippen LogP contribution in [-0.4, -0.2) is 12.0 Å². The first-order chi connectivity index (χ1) is 9.91. The average Bonchev–Trinajstić information content (AvgIpc) is 2.46. The van der Waals surface area contributed by atoms with Crippen molar-refractivity contribution in [2.24, 2.45) is 5.73 Å². The first-order valence-electron chi connectivity index (χ1n) is 6.79. The molecule has 0 saturated heterocycles. The van der Waals surface area contributed by atoms with E-state index in [0.717, 1.165) is 16.8 Å². The van der Waals surface area contributed by atoms with E-state index in [1.54, 1.807) is 12.1 Å². The lowest BCUT2D eigenvalue weighted by molar-refractivity contribution is 0.585. The number of benzene rings is 2. The number of anilines is 1. The van der Waals surface area contributed by atoms with Crippen LogP contribution in [0.1, 0.15) is 29.7 Å². The Morgan fingerprint density at radius 2 is 1.90 bits per heavy atom. The third kappa shape index (κ3) is 3.22. The van der Waals surface area contributed by atoms with Gasteiger partial charge >= 0.3 is 0 Å². The van der Waals surface area contributed by atoms with Crippen LogP contribution >= 0.6 is 12.2 Å². The molecule has 0 radical (unpaired) electrons. The Balaban J connectivity index is 2.43. The molecule has 1 unspecified atom stereocenters. The lowest BCUT2D eigenvalue weighted by Crippen LogP contribution is -2.25. The largest absolute Gasteiger partial charge is 0.389 e. The van der Waals surface area contributed by atoms with Crippen molar-refractivity contribution in [1.82, 2.24) is 0 Å². The highest BCUT2D eigenvalue weighted by molar-refractivity contribution is 7.80. The fourth-order valence-corrected chi connectivity index (χ4v) is 2.55. The molecule has 0 fully saturated rings. The van der Waals surface area contributed by atoms with Crippen LogP contribution in [0, 0.1) is 12.7 Å². The van der Waals surface area contributed by atoms with Crippen molar-refractivity contribution in [3.8, 4) is 0 Å². The molecule has 2 aromatic rings. The van der Waals surface area contributed by atoms with E-state index in [1.165, 1.54) is 6.07 Å². The van der Waals surface area contributed by atoms with Crippen molar-refractivity contribution in [3.63, 3.8) is 0 Å². The maximum atomic E-state index is 14.0. The molecule has 2 aromatic carbocycles. The van der Waals surface area contributed by atoms with E-state index in [-0.39, 0.29) is 11.9 Å². The van der Waals surface area contributed by atoms with Crippen LogP contribution < -0.4 is 10.6 Å². The van der Waals surface area contributed by atoms with Crippen molar-refractivity contribution in [1.29, 1.82) is 0 Å². The molecule has 0 amide bonds. The Morgan fingerprint density at radius 3 is 2.52 bits per heavy atom. The molecule has 4 heteroatoms. The van der Waals surface area contributed by atoms with E-state index in [9.17, 15) is 4.39 Å². The Labute approximate surface area is 130 Å². The number of rotatable bonds is 4. The fraction of sp³-hybridized carbons (Fsp3) is 0.235. The van der Waals surface area contributed by atoms with Crippen molar-refractivity contribution in [2.45, 2.75) is 19.9 Å². The minimum atomic E-state index is -0.208. The van der Waals surface area contributed by atoms with Gasteiger partial charge in [-0.25, -0.2) is 4.39 Å². The Bertz CT molecular complexity index is 670. The Kier molecular flexibility index (Phi) is 4.58. The Hall–Kier alpha value is -1.94. The second-order valence-electron chi connectivity index (χ2n) is 5.19. The zero-order valence-electron chi connectivity index (χ0n) is 12.4. The van der Waals surface area contributed by atoms with Gasteiger partial charge in [-0.05, 0) is 32.0 Å². The minimum Gasteiger partial charge on any atom is -0.389 e. The first kappa shape index (κ1) is 15.4. The molecule has 0 aliphatic rings. The van der Waals surface area contributed by atoms with E-state index in [1.807, 2.05) is 50.1 Å². The van der Waals surface area contributed by atoms with Crippen LogP contribution in [0.25, 0.3) is 0 Å². The van der Waals surface area contributed by atoms with Gasteiger partial charge in [0, 0.05) is 23.9 Å². The molecule has 21 heavy (non-hydrogen) atoms. The molecule has 0 aliphatic carbocycles. The second-order valence-corrected chi connectivity index (χ2v) is 5.63. The lowest BCUT2D eigenvalue weighted by atomic mass is 10.0. The fourth-order valence-electron chi connectivity index (χ4n) is 2.39. The van der Waals surface area contributed by atoms with E-state index in [2.05, 4.69) is 0 Å². The van der Waals surface area contributed by atoms with Crippen molar-refractivity contribution >= 4 is 22.9 Å². The molecule has 0 aliphatic heterocycles. The lowest BCUT2D eigenvalue weighted by Gasteiger charge is -2.29. The van der Waals surface area contributed by atoms with Gasteiger partial charge in [-0.2, -0.15) is 0 Å². The summed E-state index contributed by atoms with van der Waals surface area (Å²) in [5.74, 6) is -0.208. The number of nitrogens with zero attached hydrogens (tertiary/aromatic N) is 1. The number of thiocarbonyl (C=S) groups is 1. The van der Waals surface area contributed by atoms with Crippen molar-refractivity contribution < 1.29 is 4.39 Å². The van der Waals surface area contributed by atoms with Gasteiger partial charge in [0.25, 0.3) is 0 Å². The summed E-state index contributed by atoms with van der Waals surface area (Å²) in [6.45, 7) is 3.95. The number of hydrogen-bond acceptors (Lipinski definition) is 2. The predicted octanol–water partition coefficient (Wildman–Crippen LogP) is 3.97. The van der Waals surface area contributed by atoms with Crippen LogP contribution in [0.4, 0.5) is 10.1 Å². The van der Waals surface area contributed by atoms with Gasteiger partial charge in [0.1, 0.15) is 10.8 Å². The molecule has 0 spiro atoms. The summed E-state index contributed by atoms with van der Waals surface area (Å²) in [5, 5.41) is 0. The summed E-state index contributed by atoms with van der Waals surface area (Å²) in [7, 11) is 1.92. The maximum Gasteiger partial charge on any atom is 0.128 e. The molecule has 2 N–H and O–H groups in total. The molecule has 2 rings (SSSR count). The zero-order chi connectivity index (χ0) is 15.6. The molecule has 2 nitrogen and oxygen atoms in total. The van der Waals surface area contributed by atoms with E-state index in [4.69, 9.17) is 18.0 Å². The predicted molar refractivity (Wildman–Crippen MR) is 90.3 cm³/mol. The van der Waals surface area contributed by atoms with Gasteiger partial charge in [-0.15, -0.1) is 0 Å². The molecule has 0 heterocycles. The maximum absolute atomic E-state index is 14.0. The minimum absolute atomic E-state index is 0.123. The van der Waals surface area contributed by atoms with Gasteiger partial charge < -0.3 is 10.6 Å². The Morgan fingerprint density at radius 1 is 1.24 bits per heavy atom. The van der Waals surface area contributed by atoms with Crippen LogP contribution in [0.15, 0.2) is 42.5 Å². The monoisotopic (exact) mass is 302 g/mol. The van der Waals surface area contributed by atoms with Crippen LogP contribution in [0.5, 0.6) is 0 Å². The highest BCUT2D eigenvalue weighted by Crippen LogP contribution is 2.30. The van der Waals surface area contributed by atoms with E-state index >= 15 is 0 Å². The van der Waals surface area contributed by atoms with E-state index < -0.39 is 0 Å². The smallest absolute Gasteiger partial charge is 0.128 e. The van der Waals surface area contributed by atoms with Gasteiger partial charge in [-0.1, -0.05) is 42.0 Å². The van der Waals surface area contributed by atoms with Gasteiger partial charge in [-0.3, -0.25) is 0 Å². The molecule has 0 aromatic heterocycles. The third-order valence-electron chi connectivity index (χ3n) is 3.73. The summed E-state index contributed by atoms with van der Waals surface area (Å²) in [6.07, 6.45) is 0. The highest BCUT2D eigenvalue weighted by atomic mass is 32.1. The molecule has 110 valence electrons. The average molecular weight is 302 g/mol. The highest BCUT2D eigenvalue weighted by Gasteiger charge is 2.18. The molecule has 1 atom stereocenters. The summed E-state index contributed by atoms with van der Waals surface area (Å²) >= 11 is 5.13. The number of hydrogen-bond donors (Lipinski definition) is 1. The van der Waals surface area contributed by atoms with Crippen molar-refractivity contribution in [3.05, 3.63) is 65.0 Å². The molecular formula is C17H19FN2S. The third-order valence-corrected chi connectivity index (χ3v) is 3.95. The number of nitrogens with two attached hydrogens (primary N) is 1. The standard InChI is InChI=1S/C17H19FN2S/c1-11-8-9-16(14(10-11)17(19)21)20(3)12(2)13-6-4-5-7-15(13)18/h4-10,12H,1-3H3,(H2,19,21). The molecule has 0 saturated carbocycles. The summed E-state index contributed by atoms with van der Waals surface area (Å²) in [4.78, 5) is 2.34. The molecular weight excluding hydrogens is 283 g/mol. The summed E-state index contributed by atoms with van der Waals surface area (Å²) in [6, 6.07) is 12.6. The first-order valence-corrected chi connectivity index (χ1v) is 7.20. The second kappa shape index (κ2) is 6.22. The number of aryl methyl sites for hydroxylation is 1. The zero-order valence-corrected chi connectivity index (χ0v) is 13.2. The van der Waals surface area contributed by atoms with Crippen molar-refractivity contribution in [2.75, 3.05) is 11.9 Å². The molecule has 0 bridgehead atoms. The summed E-state index contributed by atoms with van der Waals surface area (Å²) in [5.41, 5.74) is 9.28. The van der Waals surface area contributed by atoms with Crippen LogP contribution in [-0.2, 0) is 0 Å². The quantitative estimate of drug-likeness (QED) is 0.867. The van der Waals surface area contributed by atoms with Crippen LogP contribution in [0.3, 0.4) is 0 Å². The normalized spacial score (nSPS) is 12.0. The van der Waals surface area contributed by atoms with Gasteiger partial charge in [0.15, 0.2) is 0 Å². The summed E-state index contributed by atoms with van der Waals surface area (Å²) < 4.78 is 14.0. The topological polar surface area (TPSA) is 29.3 Å². The van der Waals surface area contributed by atoms with E-state index in [0.29, 0.717) is 10.6 Å². The van der Waals surface area contributed by atoms with Gasteiger partial charge in [0.05, 0.1) is 6.04 Å². The van der Waals surface area contributed by atoms with Gasteiger partial charge in [0.2, 0.25) is 0 Å². The van der Waals surface area contributed by atoms with Crippen LogP contribution in [0.2, 0.25) is 0 Å². The number of halogens is 1. The SMILES string of the molecule is Cc1ccc(N(C)C(C)c2ccccc2F)c(C(N)=S)c1.